The van der Waals surface area contributed by atoms with Gasteiger partial charge in [-0.05, 0) is 22.8 Å². The third-order valence-corrected chi connectivity index (χ3v) is 3.25. The van der Waals surface area contributed by atoms with Crippen molar-refractivity contribution in [1.82, 2.24) is 4.98 Å². The molecule has 0 aliphatic carbocycles. The summed E-state index contributed by atoms with van der Waals surface area (Å²) in [5, 5.41) is 0. The van der Waals surface area contributed by atoms with Crippen LogP contribution in [0.3, 0.4) is 0 Å². The lowest BCUT2D eigenvalue weighted by Gasteiger charge is -2.11. The summed E-state index contributed by atoms with van der Waals surface area (Å²) in [6.45, 7) is 0. The lowest BCUT2D eigenvalue weighted by Crippen LogP contribution is -1.93. The van der Waals surface area contributed by atoms with E-state index >= 15 is 0 Å². The molecule has 96 valence electrons. The topological polar surface area (TPSA) is 30.0 Å². The molecule has 3 aromatic rings. The molecule has 20 heavy (non-hydrogen) atoms. The SMILES string of the molecule is O=Cc1ncccc1-c1ccccc1-c1ccccc1. The predicted molar refractivity (Wildman–Crippen MR) is 80.5 cm³/mol. The second-order valence-electron chi connectivity index (χ2n) is 4.47. The van der Waals surface area contributed by atoms with E-state index in [0.29, 0.717) is 5.69 Å². The Kier molecular flexibility index (Phi) is 3.38. The number of hydrogen-bond acceptors (Lipinski definition) is 2. The van der Waals surface area contributed by atoms with E-state index in [1.165, 1.54) is 0 Å². The average molecular weight is 259 g/mol. The van der Waals surface area contributed by atoms with E-state index in [0.717, 1.165) is 28.5 Å². The number of rotatable bonds is 3. The van der Waals surface area contributed by atoms with E-state index in [-0.39, 0.29) is 0 Å². The molecule has 1 aromatic heterocycles. The largest absolute Gasteiger partial charge is 0.296 e. The van der Waals surface area contributed by atoms with Crippen LogP contribution in [0.4, 0.5) is 0 Å². The van der Waals surface area contributed by atoms with Gasteiger partial charge >= 0.3 is 0 Å². The van der Waals surface area contributed by atoms with E-state index in [2.05, 4.69) is 23.2 Å². The molecule has 0 saturated carbocycles. The summed E-state index contributed by atoms with van der Waals surface area (Å²) in [5.74, 6) is 0. The number of hydrogen-bond donors (Lipinski definition) is 0. The van der Waals surface area contributed by atoms with Crippen molar-refractivity contribution in [1.29, 1.82) is 0 Å². The molecule has 2 heteroatoms. The Labute approximate surface area is 117 Å². The summed E-state index contributed by atoms with van der Waals surface area (Å²) >= 11 is 0. The summed E-state index contributed by atoms with van der Waals surface area (Å²) < 4.78 is 0. The second-order valence-corrected chi connectivity index (χ2v) is 4.47. The molecule has 0 fully saturated rings. The minimum atomic E-state index is 0.468. The van der Waals surface area contributed by atoms with Crippen LogP contribution in [0.15, 0.2) is 72.9 Å². The van der Waals surface area contributed by atoms with Gasteiger partial charge < -0.3 is 0 Å². The highest BCUT2D eigenvalue weighted by Crippen LogP contribution is 2.32. The molecule has 2 nitrogen and oxygen atoms in total. The van der Waals surface area contributed by atoms with Crippen LogP contribution in [0, 0.1) is 0 Å². The molecule has 0 atom stereocenters. The maximum atomic E-state index is 11.2. The van der Waals surface area contributed by atoms with Crippen molar-refractivity contribution < 1.29 is 4.79 Å². The minimum absolute atomic E-state index is 0.468. The molecule has 2 aromatic carbocycles. The lowest BCUT2D eigenvalue weighted by molar-refractivity contribution is 0.111. The number of carbonyl (C=O) groups excluding carboxylic acids is 1. The van der Waals surface area contributed by atoms with Gasteiger partial charge in [-0.25, -0.2) is 0 Å². The molecule has 0 amide bonds. The Morgan fingerprint density at radius 3 is 2.10 bits per heavy atom. The molecular formula is C18H13NO. The highest BCUT2D eigenvalue weighted by Gasteiger charge is 2.10. The lowest BCUT2D eigenvalue weighted by atomic mass is 9.94. The van der Waals surface area contributed by atoms with Crippen molar-refractivity contribution in [3.8, 4) is 22.3 Å². The van der Waals surface area contributed by atoms with Crippen LogP contribution in [-0.4, -0.2) is 11.3 Å². The second kappa shape index (κ2) is 5.49. The van der Waals surface area contributed by atoms with Crippen LogP contribution in [0.2, 0.25) is 0 Å². The van der Waals surface area contributed by atoms with E-state index in [4.69, 9.17) is 0 Å². The van der Waals surface area contributed by atoms with Crippen molar-refractivity contribution >= 4 is 6.29 Å². The van der Waals surface area contributed by atoms with Crippen molar-refractivity contribution in [2.45, 2.75) is 0 Å². The average Bonchev–Trinajstić information content (AvgIpc) is 2.55. The number of nitrogens with zero attached hydrogens (tertiary/aromatic N) is 1. The first-order valence-corrected chi connectivity index (χ1v) is 6.45. The van der Waals surface area contributed by atoms with Gasteiger partial charge in [0, 0.05) is 11.8 Å². The first kappa shape index (κ1) is 12.3. The maximum Gasteiger partial charge on any atom is 0.169 e. The van der Waals surface area contributed by atoms with Crippen LogP contribution < -0.4 is 0 Å². The van der Waals surface area contributed by atoms with Gasteiger partial charge in [0.1, 0.15) is 5.69 Å². The highest BCUT2D eigenvalue weighted by atomic mass is 16.1. The predicted octanol–water partition coefficient (Wildman–Crippen LogP) is 4.23. The summed E-state index contributed by atoms with van der Waals surface area (Å²) in [6, 6.07) is 22.0. The summed E-state index contributed by atoms with van der Waals surface area (Å²) in [6.07, 6.45) is 2.44. The number of pyridine rings is 1. The Hall–Kier alpha value is -2.74. The van der Waals surface area contributed by atoms with Crippen molar-refractivity contribution in [2.75, 3.05) is 0 Å². The fraction of sp³-hybridized carbons (Fsp3) is 0. The number of aromatic nitrogens is 1. The Balaban J connectivity index is 2.23. The zero-order valence-electron chi connectivity index (χ0n) is 10.9. The fourth-order valence-corrected chi connectivity index (χ4v) is 2.33. The van der Waals surface area contributed by atoms with E-state index < -0.39 is 0 Å². The normalized spacial score (nSPS) is 10.2. The smallest absolute Gasteiger partial charge is 0.169 e. The standard InChI is InChI=1S/C18H13NO/c20-13-18-17(11-6-12-19-18)16-10-5-4-9-15(16)14-7-2-1-3-8-14/h1-13H. The fourth-order valence-electron chi connectivity index (χ4n) is 2.33. The van der Waals surface area contributed by atoms with Gasteiger partial charge in [-0.15, -0.1) is 0 Å². The van der Waals surface area contributed by atoms with Gasteiger partial charge in [0.2, 0.25) is 0 Å². The third-order valence-electron chi connectivity index (χ3n) is 3.25. The van der Waals surface area contributed by atoms with Crippen LogP contribution >= 0.6 is 0 Å². The van der Waals surface area contributed by atoms with Crippen molar-refractivity contribution in [2.24, 2.45) is 0 Å². The van der Waals surface area contributed by atoms with Crippen LogP contribution in [-0.2, 0) is 0 Å². The van der Waals surface area contributed by atoms with E-state index in [1.807, 2.05) is 48.5 Å². The monoisotopic (exact) mass is 259 g/mol. The van der Waals surface area contributed by atoms with Gasteiger partial charge in [-0.1, -0.05) is 60.7 Å². The van der Waals surface area contributed by atoms with Crippen molar-refractivity contribution in [3.05, 3.63) is 78.6 Å². The third kappa shape index (κ3) is 2.24. The van der Waals surface area contributed by atoms with Gasteiger partial charge in [-0.2, -0.15) is 0 Å². The molecule has 0 saturated heterocycles. The number of aldehydes is 1. The Bertz CT molecular complexity index is 735. The quantitative estimate of drug-likeness (QED) is 0.659. The Morgan fingerprint density at radius 2 is 1.35 bits per heavy atom. The number of benzene rings is 2. The first-order valence-electron chi connectivity index (χ1n) is 6.45. The molecule has 0 radical (unpaired) electrons. The molecule has 0 unspecified atom stereocenters. The summed E-state index contributed by atoms with van der Waals surface area (Å²) in [4.78, 5) is 15.3. The van der Waals surface area contributed by atoms with Gasteiger partial charge in [0.05, 0.1) is 0 Å². The molecule has 0 spiro atoms. The molecule has 0 aliphatic heterocycles. The van der Waals surface area contributed by atoms with Gasteiger partial charge in [0.25, 0.3) is 0 Å². The van der Waals surface area contributed by atoms with Gasteiger partial charge in [-0.3, -0.25) is 9.78 Å². The molecule has 3 rings (SSSR count). The van der Waals surface area contributed by atoms with E-state index in [9.17, 15) is 4.79 Å². The highest BCUT2D eigenvalue weighted by molar-refractivity contribution is 5.91. The first-order chi connectivity index (χ1) is 9.90. The van der Waals surface area contributed by atoms with Crippen LogP contribution in [0.25, 0.3) is 22.3 Å². The molecule has 0 bridgehead atoms. The summed E-state index contributed by atoms with van der Waals surface area (Å²) in [7, 11) is 0. The van der Waals surface area contributed by atoms with Crippen molar-refractivity contribution in [3.63, 3.8) is 0 Å². The zero-order valence-corrected chi connectivity index (χ0v) is 10.9. The summed E-state index contributed by atoms with van der Waals surface area (Å²) in [5.41, 5.74) is 4.58. The van der Waals surface area contributed by atoms with Crippen LogP contribution in [0.1, 0.15) is 10.5 Å². The van der Waals surface area contributed by atoms with Crippen LogP contribution in [0.5, 0.6) is 0 Å². The number of carbonyl (C=O) groups is 1. The molecule has 1 heterocycles. The zero-order chi connectivity index (χ0) is 13.8. The molecule has 0 aliphatic rings. The maximum absolute atomic E-state index is 11.2. The minimum Gasteiger partial charge on any atom is -0.296 e. The van der Waals surface area contributed by atoms with Gasteiger partial charge in [0.15, 0.2) is 6.29 Å². The Morgan fingerprint density at radius 1 is 0.700 bits per heavy atom. The molecular weight excluding hydrogens is 246 g/mol. The van der Waals surface area contributed by atoms with E-state index in [1.54, 1.807) is 6.20 Å². The molecule has 0 N–H and O–H groups in total.